The molecule has 5 heteroatoms. The molecule has 1 rings (SSSR count). The number of hydrogen-bond donors (Lipinski definition) is 2. The molecule has 1 aromatic carbocycles. The van der Waals surface area contributed by atoms with E-state index < -0.39 is 17.6 Å². The summed E-state index contributed by atoms with van der Waals surface area (Å²) in [5.41, 5.74) is 0.138. The molecule has 0 fully saturated rings. The minimum absolute atomic E-state index is 0.111. The number of carboxylic acid groups (broad SMARTS) is 1. The standard InChI is InChI=1S/C15H21NO4/c1-3-15(4-2,10-13(17)18)16-14(19)20-11-12-8-6-5-7-9-12/h5-9H,3-4,10-11H2,1-2H3,(H,16,19)(H,17,18). The summed E-state index contributed by atoms with van der Waals surface area (Å²) < 4.78 is 5.13. The normalized spacial score (nSPS) is 10.9. The van der Waals surface area contributed by atoms with E-state index in [2.05, 4.69) is 5.32 Å². The van der Waals surface area contributed by atoms with Crippen molar-refractivity contribution in [1.82, 2.24) is 5.32 Å². The molecule has 0 radical (unpaired) electrons. The molecular formula is C15H21NO4. The van der Waals surface area contributed by atoms with Crippen LogP contribution in [0.1, 0.15) is 38.7 Å². The van der Waals surface area contributed by atoms with Crippen LogP contribution in [0.5, 0.6) is 0 Å². The van der Waals surface area contributed by atoms with Crippen molar-refractivity contribution >= 4 is 12.1 Å². The summed E-state index contributed by atoms with van der Waals surface area (Å²) in [6.45, 7) is 3.87. The van der Waals surface area contributed by atoms with Crippen LogP contribution >= 0.6 is 0 Å². The first-order valence-corrected chi connectivity index (χ1v) is 6.72. The van der Waals surface area contributed by atoms with Crippen LogP contribution in [-0.2, 0) is 16.1 Å². The van der Waals surface area contributed by atoms with E-state index in [0.29, 0.717) is 12.8 Å². The van der Waals surface area contributed by atoms with Crippen LogP contribution in [0.25, 0.3) is 0 Å². The first-order valence-electron chi connectivity index (χ1n) is 6.72. The Bertz CT molecular complexity index is 440. The Kier molecular flexibility index (Phi) is 6.03. The van der Waals surface area contributed by atoms with Crippen molar-refractivity contribution in [2.75, 3.05) is 0 Å². The average molecular weight is 279 g/mol. The topological polar surface area (TPSA) is 75.6 Å². The van der Waals surface area contributed by atoms with E-state index in [1.54, 1.807) is 0 Å². The number of benzene rings is 1. The van der Waals surface area contributed by atoms with E-state index in [4.69, 9.17) is 9.84 Å². The molecule has 1 aromatic rings. The van der Waals surface area contributed by atoms with Gasteiger partial charge in [0.1, 0.15) is 6.61 Å². The molecule has 0 unspecified atom stereocenters. The fraction of sp³-hybridized carbons (Fsp3) is 0.467. The highest BCUT2D eigenvalue weighted by Crippen LogP contribution is 2.20. The minimum Gasteiger partial charge on any atom is -0.481 e. The average Bonchev–Trinajstić information content (AvgIpc) is 2.45. The monoisotopic (exact) mass is 279 g/mol. The maximum Gasteiger partial charge on any atom is 0.407 e. The molecule has 0 saturated heterocycles. The third kappa shape index (κ3) is 4.91. The van der Waals surface area contributed by atoms with Gasteiger partial charge in [0.15, 0.2) is 0 Å². The van der Waals surface area contributed by atoms with Gasteiger partial charge in [-0.05, 0) is 18.4 Å². The van der Waals surface area contributed by atoms with Crippen molar-refractivity contribution in [2.24, 2.45) is 0 Å². The zero-order valence-corrected chi connectivity index (χ0v) is 11.9. The molecule has 0 aliphatic carbocycles. The summed E-state index contributed by atoms with van der Waals surface area (Å²) in [6, 6.07) is 9.33. The van der Waals surface area contributed by atoms with Gasteiger partial charge in [0.2, 0.25) is 0 Å². The molecule has 0 bridgehead atoms. The Morgan fingerprint density at radius 2 is 1.80 bits per heavy atom. The maximum absolute atomic E-state index is 11.8. The van der Waals surface area contributed by atoms with E-state index in [-0.39, 0.29) is 13.0 Å². The summed E-state index contributed by atoms with van der Waals surface area (Å²) in [6.07, 6.45) is 0.381. The van der Waals surface area contributed by atoms with Crippen LogP contribution in [0.2, 0.25) is 0 Å². The lowest BCUT2D eigenvalue weighted by molar-refractivity contribution is -0.138. The van der Waals surface area contributed by atoms with Gasteiger partial charge in [-0.1, -0.05) is 44.2 Å². The number of aliphatic carboxylic acids is 1. The Hall–Kier alpha value is -2.04. The van der Waals surface area contributed by atoms with Gasteiger partial charge in [-0.2, -0.15) is 0 Å². The number of carbonyl (C=O) groups is 2. The molecule has 0 saturated carbocycles. The van der Waals surface area contributed by atoms with Crippen LogP contribution < -0.4 is 5.32 Å². The number of amides is 1. The number of alkyl carbamates (subject to hydrolysis) is 1. The zero-order chi connectivity index (χ0) is 15.0. The second-order valence-corrected chi connectivity index (χ2v) is 4.74. The van der Waals surface area contributed by atoms with Crippen molar-refractivity contribution in [1.29, 1.82) is 0 Å². The summed E-state index contributed by atoms with van der Waals surface area (Å²) in [5, 5.41) is 11.6. The van der Waals surface area contributed by atoms with Crippen LogP contribution in [0, 0.1) is 0 Å². The van der Waals surface area contributed by atoms with Gasteiger partial charge in [-0.25, -0.2) is 4.79 Å². The predicted molar refractivity (Wildman–Crippen MR) is 75.3 cm³/mol. The molecule has 0 aliphatic rings. The lowest BCUT2D eigenvalue weighted by Crippen LogP contribution is -2.49. The number of rotatable bonds is 7. The van der Waals surface area contributed by atoms with Crippen molar-refractivity contribution in [3.8, 4) is 0 Å². The first-order chi connectivity index (χ1) is 9.51. The highest BCUT2D eigenvalue weighted by atomic mass is 16.5. The van der Waals surface area contributed by atoms with Gasteiger partial charge >= 0.3 is 12.1 Å². The third-order valence-corrected chi connectivity index (χ3v) is 3.42. The Morgan fingerprint density at radius 1 is 1.20 bits per heavy atom. The second kappa shape index (κ2) is 7.53. The molecule has 0 atom stereocenters. The lowest BCUT2D eigenvalue weighted by Gasteiger charge is -2.30. The fourth-order valence-corrected chi connectivity index (χ4v) is 1.99. The molecular weight excluding hydrogens is 258 g/mol. The van der Waals surface area contributed by atoms with Crippen LogP contribution in [0.15, 0.2) is 30.3 Å². The SMILES string of the molecule is CCC(CC)(CC(=O)O)NC(=O)OCc1ccccc1. The third-order valence-electron chi connectivity index (χ3n) is 3.42. The number of hydrogen-bond acceptors (Lipinski definition) is 3. The first kappa shape index (κ1) is 16.0. The van der Waals surface area contributed by atoms with Crippen LogP contribution in [0.3, 0.4) is 0 Å². The summed E-state index contributed by atoms with van der Waals surface area (Å²) >= 11 is 0. The van der Waals surface area contributed by atoms with Crippen molar-refractivity contribution < 1.29 is 19.4 Å². The Morgan fingerprint density at radius 3 is 2.30 bits per heavy atom. The highest BCUT2D eigenvalue weighted by Gasteiger charge is 2.31. The van der Waals surface area contributed by atoms with Crippen LogP contribution in [-0.4, -0.2) is 22.7 Å². The maximum atomic E-state index is 11.8. The minimum atomic E-state index is -0.933. The molecule has 0 heterocycles. The molecule has 2 N–H and O–H groups in total. The highest BCUT2D eigenvalue weighted by molar-refractivity contribution is 5.72. The van der Waals surface area contributed by atoms with E-state index in [9.17, 15) is 9.59 Å². The van der Waals surface area contributed by atoms with E-state index in [0.717, 1.165) is 5.56 Å². The van der Waals surface area contributed by atoms with Gasteiger partial charge in [-0.15, -0.1) is 0 Å². The smallest absolute Gasteiger partial charge is 0.407 e. The van der Waals surface area contributed by atoms with E-state index in [1.165, 1.54) is 0 Å². The number of carbonyl (C=O) groups excluding carboxylic acids is 1. The van der Waals surface area contributed by atoms with E-state index in [1.807, 2.05) is 44.2 Å². The molecule has 110 valence electrons. The predicted octanol–water partition coefficient (Wildman–Crippen LogP) is 2.95. The molecule has 0 aromatic heterocycles. The quantitative estimate of drug-likeness (QED) is 0.804. The van der Waals surface area contributed by atoms with Gasteiger partial charge in [-0.3, -0.25) is 4.79 Å². The number of carboxylic acids is 1. The van der Waals surface area contributed by atoms with Crippen molar-refractivity contribution in [2.45, 2.75) is 45.3 Å². The lowest BCUT2D eigenvalue weighted by atomic mass is 9.89. The second-order valence-electron chi connectivity index (χ2n) is 4.74. The molecule has 5 nitrogen and oxygen atoms in total. The molecule has 0 aliphatic heterocycles. The molecule has 1 amide bonds. The van der Waals surface area contributed by atoms with Crippen molar-refractivity contribution in [3.05, 3.63) is 35.9 Å². The Balaban J connectivity index is 2.56. The fourth-order valence-electron chi connectivity index (χ4n) is 1.99. The number of ether oxygens (including phenoxy) is 1. The van der Waals surface area contributed by atoms with Crippen molar-refractivity contribution in [3.63, 3.8) is 0 Å². The Labute approximate surface area is 118 Å². The van der Waals surface area contributed by atoms with E-state index >= 15 is 0 Å². The van der Waals surface area contributed by atoms with Crippen LogP contribution in [0.4, 0.5) is 4.79 Å². The number of nitrogens with one attached hydrogen (secondary N) is 1. The summed E-state index contributed by atoms with van der Waals surface area (Å²) in [7, 11) is 0. The molecule has 20 heavy (non-hydrogen) atoms. The zero-order valence-electron chi connectivity index (χ0n) is 11.9. The summed E-state index contributed by atoms with van der Waals surface area (Å²) in [4.78, 5) is 22.7. The molecule has 0 spiro atoms. The van der Waals surface area contributed by atoms with Gasteiger partial charge in [0, 0.05) is 0 Å². The summed E-state index contributed by atoms with van der Waals surface area (Å²) in [5.74, 6) is -0.933. The van der Waals surface area contributed by atoms with Gasteiger partial charge in [0.05, 0.1) is 12.0 Å². The van der Waals surface area contributed by atoms with Gasteiger partial charge in [0.25, 0.3) is 0 Å². The largest absolute Gasteiger partial charge is 0.481 e. The van der Waals surface area contributed by atoms with Gasteiger partial charge < -0.3 is 15.2 Å².